The zero-order chi connectivity index (χ0) is 17.1. The number of nitrogens with one attached hydrogen (secondary N) is 1. The molecule has 1 aromatic rings. The lowest BCUT2D eigenvalue weighted by Crippen LogP contribution is -2.38. The molecule has 1 aromatic heterocycles. The molecule has 1 aliphatic rings. The largest absolute Gasteiger partial charge is 0.454 e. The maximum atomic E-state index is 14.5. The predicted octanol–water partition coefficient (Wildman–Crippen LogP) is -0.0165. The Kier molecular flexibility index (Phi) is 5.37. The van der Waals surface area contributed by atoms with Crippen molar-refractivity contribution in [3.63, 3.8) is 0 Å². The topological polar surface area (TPSA) is 107 Å². The van der Waals surface area contributed by atoms with Gasteiger partial charge in [0.2, 0.25) is 0 Å². The number of hydrogen-bond acceptors (Lipinski definition) is 7. The number of rotatable bonds is 4. The van der Waals surface area contributed by atoms with Crippen LogP contribution in [-0.4, -0.2) is 44.8 Å². The standard InChI is InChI=1S/C13H15FN2O6S/c1-6(17)21-11-10(14)8(5-23-7(2)18)22-12(11)16-4-3-9(19)15-13(16)20/h3-4,8,10-12H,5H2,1-2H3,(H,15,19,20)/t8-,10+,11-,12-/m1/s1. The van der Waals surface area contributed by atoms with Crippen molar-refractivity contribution in [3.05, 3.63) is 33.1 Å². The Labute approximate surface area is 134 Å². The second-order valence-electron chi connectivity index (χ2n) is 4.90. The molecular formula is C13H15FN2O6S. The van der Waals surface area contributed by atoms with Crippen LogP contribution in [0.15, 0.2) is 21.9 Å². The minimum Gasteiger partial charge on any atom is -0.454 e. The molecule has 126 valence electrons. The summed E-state index contributed by atoms with van der Waals surface area (Å²) in [6, 6.07) is 1.07. The van der Waals surface area contributed by atoms with Gasteiger partial charge in [-0.2, -0.15) is 0 Å². The number of thioether (sulfide) groups is 1. The van der Waals surface area contributed by atoms with Crippen LogP contribution in [0.25, 0.3) is 0 Å². The summed E-state index contributed by atoms with van der Waals surface area (Å²) in [4.78, 5) is 47.2. The summed E-state index contributed by atoms with van der Waals surface area (Å²) in [6.45, 7) is 2.44. The molecule has 1 N–H and O–H groups in total. The van der Waals surface area contributed by atoms with Crippen molar-refractivity contribution < 1.29 is 23.5 Å². The number of ether oxygens (including phenoxy) is 2. The molecule has 2 rings (SSSR count). The molecule has 0 radical (unpaired) electrons. The summed E-state index contributed by atoms with van der Waals surface area (Å²) in [5.74, 6) is -0.716. The Bertz CT molecular complexity index is 717. The van der Waals surface area contributed by atoms with Crippen LogP contribution in [-0.2, 0) is 19.1 Å². The summed E-state index contributed by atoms with van der Waals surface area (Å²) >= 11 is 0.867. The van der Waals surface area contributed by atoms with E-state index in [2.05, 4.69) is 0 Å². The molecule has 1 saturated heterocycles. The van der Waals surface area contributed by atoms with Crippen molar-refractivity contribution in [2.24, 2.45) is 0 Å². The van der Waals surface area contributed by atoms with Crippen molar-refractivity contribution >= 4 is 22.8 Å². The number of hydrogen-bond donors (Lipinski definition) is 1. The monoisotopic (exact) mass is 346 g/mol. The summed E-state index contributed by atoms with van der Waals surface area (Å²) in [5.41, 5.74) is -1.43. The minimum absolute atomic E-state index is 0.0167. The fraction of sp³-hybridized carbons (Fsp3) is 0.538. The number of nitrogens with zero attached hydrogens (tertiary/aromatic N) is 1. The van der Waals surface area contributed by atoms with Crippen LogP contribution in [0.5, 0.6) is 0 Å². The van der Waals surface area contributed by atoms with E-state index in [1.807, 2.05) is 4.98 Å². The average molecular weight is 346 g/mol. The average Bonchev–Trinajstić information content (AvgIpc) is 2.73. The number of halogens is 1. The van der Waals surface area contributed by atoms with Crippen molar-refractivity contribution in [1.82, 2.24) is 9.55 Å². The lowest BCUT2D eigenvalue weighted by molar-refractivity contribution is -0.154. The van der Waals surface area contributed by atoms with Crippen LogP contribution < -0.4 is 11.2 Å². The van der Waals surface area contributed by atoms with E-state index < -0.39 is 41.8 Å². The lowest BCUT2D eigenvalue weighted by Gasteiger charge is -2.20. The smallest absolute Gasteiger partial charge is 0.330 e. The number of H-pyrrole nitrogens is 1. The van der Waals surface area contributed by atoms with Crippen LogP contribution in [0.2, 0.25) is 0 Å². The molecular weight excluding hydrogens is 331 g/mol. The normalized spacial score (nSPS) is 26.9. The van der Waals surface area contributed by atoms with E-state index in [4.69, 9.17) is 9.47 Å². The fourth-order valence-corrected chi connectivity index (χ4v) is 2.86. The molecule has 4 atom stereocenters. The molecule has 0 spiro atoms. The molecule has 0 saturated carbocycles. The van der Waals surface area contributed by atoms with E-state index in [-0.39, 0.29) is 10.9 Å². The number of alkyl halides is 1. The van der Waals surface area contributed by atoms with Gasteiger partial charge in [-0.3, -0.25) is 23.9 Å². The summed E-state index contributed by atoms with van der Waals surface area (Å²) in [6.07, 6.45) is -4.19. The van der Waals surface area contributed by atoms with Crippen LogP contribution in [0.3, 0.4) is 0 Å². The van der Waals surface area contributed by atoms with Gasteiger partial charge in [0.15, 0.2) is 23.6 Å². The molecule has 0 unspecified atom stereocenters. The Balaban J connectivity index is 2.30. The molecule has 23 heavy (non-hydrogen) atoms. The molecule has 1 fully saturated rings. The molecule has 0 amide bonds. The Hall–Kier alpha value is -1.94. The third-order valence-electron chi connectivity index (χ3n) is 3.14. The minimum atomic E-state index is -1.71. The summed E-state index contributed by atoms with van der Waals surface area (Å²) in [5, 5.41) is -0.213. The van der Waals surface area contributed by atoms with Gasteiger partial charge >= 0.3 is 11.7 Å². The van der Waals surface area contributed by atoms with Gasteiger partial charge < -0.3 is 9.47 Å². The zero-order valence-electron chi connectivity index (χ0n) is 12.4. The third-order valence-corrected chi connectivity index (χ3v) is 4.04. The third kappa shape index (κ3) is 4.08. The number of carbonyl (C=O) groups excluding carboxylic acids is 2. The van der Waals surface area contributed by atoms with Crippen LogP contribution in [0.1, 0.15) is 20.1 Å². The first-order chi connectivity index (χ1) is 10.8. The predicted molar refractivity (Wildman–Crippen MR) is 78.8 cm³/mol. The molecule has 1 aliphatic heterocycles. The Morgan fingerprint density at radius 1 is 1.43 bits per heavy atom. The van der Waals surface area contributed by atoms with Gasteiger partial charge in [-0.1, -0.05) is 11.8 Å². The summed E-state index contributed by atoms with van der Waals surface area (Å²) < 4.78 is 25.8. The number of aromatic amines is 1. The van der Waals surface area contributed by atoms with Crippen molar-refractivity contribution in [1.29, 1.82) is 0 Å². The van der Waals surface area contributed by atoms with Crippen molar-refractivity contribution in [2.45, 2.75) is 38.5 Å². The Morgan fingerprint density at radius 2 is 2.13 bits per heavy atom. The Morgan fingerprint density at radius 3 is 2.70 bits per heavy atom. The van der Waals surface area contributed by atoms with Crippen LogP contribution in [0, 0.1) is 0 Å². The van der Waals surface area contributed by atoms with Crippen molar-refractivity contribution in [2.75, 3.05) is 5.75 Å². The highest BCUT2D eigenvalue weighted by Crippen LogP contribution is 2.34. The second-order valence-corrected chi connectivity index (χ2v) is 6.10. The zero-order valence-corrected chi connectivity index (χ0v) is 13.2. The van der Waals surface area contributed by atoms with E-state index in [1.54, 1.807) is 0 Å². The SMILES string of the molecule is CC(=O)O[C@@H]1[C@@H](F)[C@@H](CSC(C)=O)O[C@H]1n1ccc(=O)[nH]c1=O. The fourth-order valence-electron chi connectivity index (χ4n) is 2.20. The van der Waals surface area contributed by atoms with E-state index >= 15 is 0 Å². The summed E-state index contributed by atoms with van der Waals surface area (Å²) in [7, 11) is 0. The highest BCUT2D eigenvalue weighted by atomic mass is 32.2. The first-order valence-corrected chi connectivity index (χ1v) is 7.69. The van der Waals surface area contributed by atoms with Gasteiger partial charge in [-0.15, -0.1) is 0 Å². The van der Waals surface area contributed by atoms with E-state index in [0.29, 0.717) is 0 Å². The quantitative estimate of drug-likeness (QED) is 0.764. The highest BCUT2D eigenvalue weighted by Gasteiger charge is 2.48. The number of carbonyl (C=O) groups is 2. The lowest BCUT2D eigenvalue weighted by atomic mass is 10.1. The molecule has 0 aromatic carbocycles. The van der Waals surface area contributed by atoms with Crippen LogP contribution in [0.4, 0.5) is 4.39 Å². The molecule has 0 aliphatic carbocycles. The van der Waals surface area contributed by atoms with Gasteiger partial charge in [-0.05, 0) is 0 Å². The van der Waals surface area contributed by atoms with Gasteiger partial charge in [-0.25, -0.2) is 9.18 Å². The molecule has 0 bridgehead atoms. The molecule has 10 heteroatoms. The van der Waals surface area contributed by atoms with E-state index in [9.17, 15) is 23.6 Å². The molecule has 2 heterocycles. The van der Waals surface area contributed by atoms with E-state index in [0.717, 1.165) is 35.5 Å². The second kappa shape index (κ2) is 7.09. The number of aromatic nitrogens is 2. The first kappa shape index (κ1) is 17.4. The van der Waals surface area contributed by atoms with E-state index in [1.165, 1.54) is 6.92 Å². The first-order valence-electron chi connectivity index (χ1n) is 6.71. The van der Waals surface area contributed by atoms with Crippen molar-refractivity contribution in [3.8, 4) is 0 Å². The highest BCUT2D eigenvalue weighted by molar-refractivity contribution is 8.13. The van der Waals surface area contributed by atoms with Gasteiger partial charge in [0.25, 0.3) is 5.56 Å². The maximum absolute atomic E-state index is 14.5. The maximum Gasteiger partial charge on any atom is 0.330 e. The van der Waals surface area contributed by atoms with Gasteiger partial charge in [0.05, 0.1) is 0 Å². The van der Waals surface area contributed by atoms with Crippen LogP contribution >= 0.6 is 11.8 Å². The number of esters is 1. The van der Waals surface area contributed by atoms with Gasteiger partial charge in [0, 0.05) is 31.9 Å². The molecule has 8 nitrogen and oxygen atoms in total. The van der Waals surface area contributed by atoms with Gasteiger partial charge in [0.1, 0.15) is 6.10 Å².